The summed E-state index contributed by atoms with van der Waals surface area (Å²) in [5, 5.41) is 0. The summed E-state index contributed by atoms with van der Waals surface area (Å²) in [6.45, 7) is 1.44. The summed E-state index contributed by atoms with van der Waals surface area (Å²) in [5.74, 6) is 0.601. The van der Waals surface area contributed by atoms with E-state index in [4.69, 9.17) is 17.0 Å². The average Bonchev–Trinajstić information content (AvgIpc) is 2.42. The Hall–Kier alpha value is 0.440. The molecule has 1 aromatic rings. The molecule has 0 bridgehead atoms. The number of carbonyl (C=O) groups is 1. The van der Waals surface area contributed by atoms with Crippen LogP contribution < -0.4 is 0 Å². The third kappa shape index (κ3) is 2.52. The molecule has 7 heteroatoms. The fourth-order valence-corrected chi connectivity index (χ4v) is 7.29. The third-order valence-electron chi connectivity index (χ3n) is 1.41. The number of hydrogen-bond donors (Lipinski definition) is 0. The Balaban J connectivity index is 2.13. The highest BCUT2D eigenvalue weighted by atomic mass is 32.2. The van der Waals surface area contributed by atoms with Crippen LogP contribution in [0.3, 0.4) is 0 Å². The van der Waals surface area contributed by atoms with Crippen molar-refractivity contribution < 1.29 is 9.53 Å². The Morgan fingerprint density at radius 2 is 2.21 bits per heavy atom. The summed E-state index contributed by atoms with van der Waals surface area (Å²) in [6.07, 6.45) is 0. The standard InChI is InChI=1S/C7H6O2S5/c1-3(8)9-4-2-11-5-6(12-4)14-7(10)13-5/h4H,2H2,1H3/t4-/m0/s1. The van der Waals surface area contributed by atoms with Crippen LogP contribution in [-0.4, -0.2) is 17.2 Å². The molecule has 0 radical (unpaired) electrons. The molecule has 2 nitrogen and oxygen atoms in total. The quantitative estimate of drug-likeness (QED) is 0.579. The van der Waals surface area contributed by atoms with Crippen molar-refractivity contribution in [2.75, 3.05) is 5.75 Å². The van der Waals surface area contributed by atoms with Gasteiger partial charge in [-0.05, 0) is 0 Å². The molecule has 2 rings (SSSR count). The average molecular weight is 282 g/mol. The van der Waals surface area contributed by atoms with Crippen molar-refractivity contribution >= 4 is 64.4 Å². The first-order chi connectivity index (χ1) is 6.65. The summed E-state index contributed by atoms with van der Waals surface area (Å²) in [7, 11) is 0. The fraction of sp³-hybridized carbons (Fsp3) is 0.429. The van der Waals surface area contributed by atoms with Gasteiger partial charge in [0, 0.05) is 12.7 Å². The molecular weight excluding hydrogens is 276 g/mol. The molecule has 1 aliphatic rings. The maximum absolute atomic E-state index is 10.8. The van der Waals surface area contributed by atoms with E-state index in [1.54, 1.807) is 46.2 Å². The van der Waals surface area contributed by atoms with Gasteiger partial charge in [-0.1, -0.05) is 24.0 Å². The molecular formula is C7H6O2S5. The lowest BCUT2D eigenvalue weighted by molar-refractivity contribution is -0.141. The zero-order chi connectivity index (χ0) is 10.1. The Labute approximate surface area is 103 Å². The van der Waals surface area contributed by atoms with Crippen molar-refractivity contribution in [2.45, 2.75) is 20.8 Å². The minimum Gasteiger partial charge on any atom is -0.450 e. The van der Waals surface area contributed by atoms with Gasteiger partial charge in [-0.2, -0.15) is 0 Å². The van der Waals surface area contributed by atoms with Crippen LogP contribution in [0.1, 0.15) is 6.92 Å². The zero-order valence-corrected chi connectivity index (χ0v) is 11.2. The molecule has 0 N–H and O–H groups in total. The second-order valence-electron chi connectivity index (χ2n) is 2.50. The lowest BCUT2D eigenvalue weighted by Gasteiger charge is -2.19. The van der Waals surface area contributed by atoms with Gasteiger partial charge in [-0.25, -0.2) is 0 Å². The summed E-state index contributed by atoms with van der Waals surface area (Å²) >= 11 is 11.7. The first kappa shape index (κ1) is 10.9. The van der Waals surface area contributed by atoms with Crippen LogP contribution in [0.25, 0.3) is 0 Å². The Kier molecular flexibility index (Phi) is 3.54. The molecule has 0 aliphatic carbocycles. The number of ether oxygens (including phenoxy) is 1. The number of rotatable bonds is 1. The van der Waals surface area contributed by atoms with E-state index in [0.29, 0.717) is 0 Å². The second-order valence-corrected chi connectivity index (χ2v) is 8.44. The van der Waals surface area contributed by atoms with Gasteiger partial charge in [0.1, 0.15) is 3.14 Å². The molecule has 76 valence electrons. The molecule has 1 aromatic heterocycles. The molecule has 0 saturated heterocycles. The molecule has 0 fully saturated rings. The van der Waals surface area contributed by atoms with Gasteiger partial charge < -0.3 is 4.74 Å². The van der Waals surface area contributed by atoms with Crippen molar-refractivity contribution in [1.82, 2.24) is 0 Å². The van der Waals surface area contributed by atoms with Gasteiger partial charge in [0.05, 0.1) is 8.42 Å². The largest absolute Gasteiger partial charge is 0.450 e. The molecule has 0 spiro atoms. The van der Waals surface area contributed by atoms with Gasteiger partial charge >= 0.3 is 5.97 Å². The van der Waals surface area contributed by atoms with Crippen molar-refractivity contribution in [2.24, 2.45) is 0 Å². The Bertz CT molecular complexity index is 406. The van der Waals surface area contributed by atoms with Gasteiger partial charge in [-0.15, -0.1) is 34.4 Å². The highest BCUT2D eigenvalue weighted by Gasteiger charge is 2.24. The molecule has 0 aromatic carbocycles. The fourth-order valence-electron chi connectivity index (χ4n) is 0.956. The van der Waals surface area contributed by atoms with Crippen LogP contribution in [-0.2, 0) is 9.53 Å². The van der Waals surface area contributed by atoms with E-state index < -0.39 is 0 Å². The number of carbonyl (C=O) groups excluding carboxylic acids is 1. The first-order valence-corrected chi connectivity index (χ1v) is 7.66. The van der Waals surface area contributed by atoms with E-state index in [-0.39, 0.29) is 11.4 Å². The van der Waals surface area contributed by atoms with Gasteiger partial charge in [-0.3, -0.25) is 4.79 Å². The third-order valence-corrected chi connectivity index (χ3v) is 7.27. The van der Waals surface area contributed by atoms with E-state index in [9.17, 15) is 4.79 Å². The van der Waals surface area contributed by atoms with Crippen LogP contribution in [0.5, 0.6) is 0 Å². The first-order valence-electron chi connectivity index (χ1n) is 3.76. The van der Waals surface area contributed by atoms with Crippen molar-refractivity contribution in [3.63, 3.8) is 0 Å². The molecule has 14 heavy (non-hydrogen) atoms. The normalized spacial score (nSPS) is 20.2. The van der Waals surface area contributed by atoms with Gasteiger partial charge in [0.15, 0.2) is 5.44 Å². The highest BCUT2D eigenvalue weighted by molar-refractivity contribution is 8.08. The van der Waals surface area contributed by atoms with Crippen molar-refractivity contribution in [3.05, 3.63) is 3.14 Å². The lowest BCUT2D eigenvalue weighted by atomic mass is 10.7. The maximum Gasteiger partial charge on any atom is 0.303 e. The minimum atomic E-state index is -0.217. The van der Waals surface area contributed by atoms with Gasteiger partial charge in [0.25, 0.3) is 0 Å². The Morgan fingerprint density at radius 1 is 1.50 bits per heavy atom. The number of esters is 1. The zero-order valence-electron chi connectivity index (χ0n) is 7.14. The lowest BCUT2D eigenvalue weighted by Crippen LogP contribution is -2.16. The smallest absolute Gasteiger partial charge is 0.303 e. The second kappa shape index (κ2) is 4.52. The summed E-state index contributed by atoms with van der Waals surface area (Å²) in [5.41, 5.74) is -0.0507. The summed E-state index contributed by atoms with van der Waals surface area (Å²) < 4.78 is 8.55. The monoisotopic (exact) mass is 282 g/mol. The van der Waals surface area contributed by atoms with Crippen LogP contribution in [0.4, 0.5) is 0 Å². The van der Waals surface area contributed by atoms with Crippen molar-refractivity contribution in [1.29, 1.82) is 0 Å². The number of fused-ring (bicyclic) bond motifs is 1. The SMILES string of the molecule is CC(=O)O[C@@H]1CSc2sc(=S)sc2S1. The molecule has 0 amide bonds. The van der Waals surface area contributed by atoms with Crippen LogP contribution in [0, 0.1) is 3.14 Å². The van der Waals surface area contributed by atoms with Crippen LogP contribution >= 0.6 is 58.4 Å². The molecule has 1 atom stereocenters. The molecule has 0 saturated carbocycles. The van der Waals surface area contributed by atoms with Crippen LogP contribution in [0.2, 0.25) is 0 Å². The predicted octanol–water partition coefficient (Wildman–Crippen LogP) is 3.63. The Morgan fingerprint density at radius 3 is 2.93 bits per heavy atom. The van der Waals surface area contributed by atoms with E-state index >= 15 is 0 Å². The molecule has 2 heterocycles. The molecule has 1 aliphatic heterocycles. The van der Waals surface area contributed by atoms with Crippen LogP contribution in [0.15, 0.2) is 8.42 Å². The number of thioether (sulfide) groups is 2. The minimum absolute atomic E-state index is 0.0507. The van der Waals surface area contributed by atoms with E-state index in [0.717, 1.165) is 8.89 Å². The highest BCUT2D eigenvalue weighted by Crippen LogP contribution is 2.47. The van der Waals surface area contributed by atoms with E-state index in [1.165, 1.54) is 15.3 Å². The maximum atomic E-state index is 10.8. The summed E-state index contributed by atoms with van der Waals surface area (Å²) in [4.78, 5) is 10.8. The van der Waals surface area contributed by atoms with Gasteiger partial charge in [0.2, 0.25) is 0 Å². The topological polar surface area (TPSA) is 26.3 Å². The van der Waals surface area contributed by atoms with E-state index in [2.05, 4.69) is 0 Å². The summed E-state index contributed by atoms with van der Waals surface area (Å²) in [6, 6.07) is 0. The number of hydrogen-bond acceptors (Lipinski definition) is 7. The predicted molar refractivity (Wildman–Crippen MR) is 65.2 cm³/mol. The van der Waals surface area contributed by atoms with E-state index in [1.807, 2.05) is 0 Å². The van der Waals surface area contributed by atoms with Crippen molar-refractivity contribution in [3.8, 4) is 0 Å². The molecule has 0 unspecified atom stereocenters.